The Balaban J connectivity index is 1.63. The second kappa shape index (κ2) is 10.3. The lowest BCUT2D eigenvalue weighted by Crippen LogP contribution is -2.30. The fourth-order valence-corrected chi connectivity index (χ4v) is 4.36. The molecule has 32 heavy (non-hydrogen) atoms. The predicted octanol–water partition coefficient (Wildman–Crippen LogP) is 5.64. The molecule has 0 amide bonds. The van der Waals surface area contributed by atoms with Crippen LogP contribution in [-0.2, 0) is 11.3 Å². The van der Waals surface area contributed by atoms with Gasteiger partial charge in [0.05, 0.1) is 12.8 Å². The number of hydrogen-bond donors (Lipinski definition) is 1. The van der Waals surface area contributed by atoms with Gasteiger partial charge in [-0.1, -0.05) is 72.8 Å². The molecule has 1 N–H and O–H groups in total. The number of nitrogens with one attached hydrogen (secondary N) is 1. The van der Waals surface area contributed by atoms with Crippen LogP contribution in [0.5, 0.6) is 5.75 Å². The number of nitrogens with zero attached hydrogens (tertiary/aromatic N) is 1. The normalized spacial score (nSPS) is 16.3. The van der Waals surface area contributed by atoms with Crippen LogP contribution in [0.3, 0.4) is 0 Å². The van der Waals surface area contributed by atoms with E-state index in [4.69, 9.17) is 4.74 Å². The molecule has 0 heterocycles. The fourth-order valence-electron chi connectivity index (χ4n) is 4.36. The molecule has 164 valence electrons. The first-order valence-electron chi connectivity index (χ1n) is 11.1. The number of ketones is 1. The Labute approximate surface area is 190 Å². The summed E-state index contributed by atoms with van der Waals surface area (Å²) in [6.45, 7) is 1.40. The number of benzene rings is 3. The highest BCUT2D eigenvalue weighted by atomic mass is 16.5. The first-order chi connectivity index (χ1) is 15.6. The predicted molar refractivity (Wildman–Crippen MR) is 130 cm³/mol. The highest BCUT2D eigenvalue weighted by molar-refractivity contribution is 5.98. The van der Waals surface area contributed by atoms with Crippen molar-refractivity contribution in [2.75, 3.05) is 26.0 Å². The van der Waals surface area contributed by atoms with Crippen molar-refractivity contribution in [3.8, 4) is 5.75 Å². The molecule has 0 saturated heterocycles. The van der Waals surface area contributed by atoms with Crippen molar-refractivity contribution in [3.05, 3.63) is 107 Å². The molecule has 1 atom stereocenters. The minimum Gasteiger partial charge on any atom is -0.495 e. The highest BCUT2D eigenvalue weighted by Gasteiger charge is 2.29. The Hall–Kier alpha value is -3.37. The maximum Gasteiger partial charge on any atom is 0.162 e. The van der Waals surface area contributed by atoms with Crippen LogP contribution in [0.25, 0.3) is 0 Å². The summed E-state index contributed by atoms with van der Waals surface area (Å²) < 4.78 is 5.54. The first-order valence-corrected chi connectivity index (χ1v) is 11.1. The number of methoxy groups -OCH3 is 1. The molecule has 0 bridgehead atoms. The molecule has 4 heteroatoms. The van der Waals surface area contributed by atoms with Crippen LogP contribution in [0, 0.1) is 0 Å². The third-order valence-corrected chi connectivity index (χ3v) is 5.97. The van der Waals surface area contributed by atoms with Gasteiger partial charge >= 0.3 is 0 Å². The van der Waals surface area contributed by atoms with E-state index in [9.17, 15) is 4.79 Å². The van der Waals surface area contributed by atoms with Crippen molar-refractivity contribution in [3.63, 3.8) is 0 Å². The van der Waals surface area contributed by atoms with Gasteiger partial charge in [-0.05, 0) is 42.6 Å². The van der Waals surface area contributed by atoms with Gasteiger partial charge in [-0.15, -0.1) is 0 Å². The van der Waals surface area contributed by atoms with Gasteiger partial charge in [-0.3, -0.25) is 9.69 Å². The number of carbonyl (C=O) groups excluding carboxylic acids is 1. The van der Waals surface area contributed by atoms with Crippen LogP contribution in [-0.4, -0.2) is 31.4 Å². The van der Waals surface area contributed by atoms with E-state index in [2.05, 4.69) is 41.5 Å². The largest absolute Gasteiger partial charge is 0.495 e. The van der Waals surface area contributed by atoms with E-state index in [0.29, 0.717) is 13.0 Å². The number of ether oxygens (including phenoxy) is 1. The summed E-state index contributed by atoms with van der Waals surface area (Å²) in [4.78, 5) is 15.6. The summed E-state index contributed by atoms with van der Waals surface area (Å²) in [6.07, 6.45) is 1.33. The van der Waals surface area contributed by atoms with Crippen molar-refractivity contribution in [1.82, 2.24) is 4.90 Å². The van der Waals surface area contributed by atoms with Gasteiger partial charge in [0.1, 0.15) is 5.75 Å². The standard InChI is InChI=1S/C28H30N2O2/c1-30(19-21-11-5-3-6-12-21)20-24-26(29-25-15-9-10-16-28(25)32-2)17-23(18-27(24)31)22-13-7-4-8-14-22/h3-16,23,29H,17-20H2,1-2H3. The van der Waals surface area contributed by atoms with Crippen molar-refractivity contribution >= 4 is 11.5 Å². The Bertz CT molecular complexity index is 1080. The summed E-state index contributed by atoms with van der Waals surface area (Å²) >= 11 is 0. The number of rotatable bonds is 8. The number of carbonyl (C=O) groups is 1. The first kappa shape index (κ1) is 21.8. The van der Waals surface area contributed by atoms with Crippen LogP contribution in [0.2, 0.25) is 0 Å². The lowest BCUT2D eigenvalue weighted by Gasteiger charge is -2.30. The molecule has 0 aromatic heterocycles. The van der Waals surface area contributed by atoms with Crippen molar-refractivity contribution in [1.29, 1.82) is 0 Å². The Kier molecular flexibility index (Phi) is 7.03. The molecule has 0 saturated carbocycles. The van der Waals surface area contributed by atoms with Crippen molar-refractivity contribution in [2.45, 2.75) is 25.3 Å². The van der Waals surface area contributed by atoms with E-state index in [-0.39, 0.29) is 11.7 Å². The number of Topliss-reactive ketones (excluding diaryl/α,β-unsaturated/α-hetero) is 1. The molecule has 4 rings (SSSR count). The molecule has 0 radical (unpaired) electrons. The molecule has 3 aromatic rings. The Morgan fingerprint density at radius 2 is 1.53 bits per heavy atom. The minimum absolute atomic E-state index is 0.170. The number of allylic oxidation sites excluding steroid dienone is 1. The number of para-hydroxylation sites is 2. The topological polar surface area (TPSA) is 41.6 Å². The molecule has 1 aliphatic carbocycles. The number of anilines is 1. The highest BCUT2D eigenvalue weighted by Crippen LogP contribution is 2.36. The monoisotopic (exact) mass is 426 g/mol. The van der Waals surface area contributed by atoms with E-state index in [1.165, 1.54) is 11.1 Å². The van der Waals surface area contributed by atoms with Gasteiger partial charge in [0.25, 0.3) is 0 Å². The molecule has 1 unspecified atom stereocenters. The summed E-state index contributed by atoms with van der Waals surface area (Å²) in [5.41, 5.74) is 5.17. The smallest absolute Gasteiger partial charge is 0.162 e. The molecule has 0 aliphatic heterocycles. The van der Waals surface area contributed by atoms with E-state index in [1.54, 1.807) is 7.11 Å². The zero-order valence-corrected chi connectivity index (χ0v) is 18.8. The maximum atomic E-state index is 13.4. The van der Waals surface area contributed by atoms with Crippen LogP contribution in [0.15, 0.2) is 96.2 Å². The molecule has 3 aromatic carbocycles. The van der Waals surface area contributed by atoms with E-state index >= 15 is 0 Å². The van der Waals surface area contributed by atoms with Gasteiger partial charge < -0.3 is 10.1 Å². The minimum atomic E-state index is 0.170. The van der Waals surface area contributed by atoms with Crippen LogP contribution >= 0.6 is 0 Å². The van der Waals surface area contributed by atoms with E-state index in [1.807, 2.05) is 60.7 Å². The number of likely N-dealkylation sites (N-methyl/N-ethyl adjacent to an activating group) is 1. The Morgan fingerprint density at radius 3 is 2.25 bits per heavy atom. The lowest BCUT2D eigenvalue weighted by molar-refractivity contribution is -0.116. The maximum absolute atomic E-state index is 13.4. The second-order valence-corrected chi connectivity index (χ2v) is 8.38. The third kappa shape index (κ3) is 5.27. The van der Waals surface area contributed by atoms with Gasteiger partial charge in [0.15, 0.2) is 5.78 Å². The van der Waals surface area contributed by atoms with Crippen LogP contribution in [0.4, 0.5) is 5.69 Å². The van der Waals surface area contributed by atoms with E-state index in [0.717, 1.165) is 35.7 Å². The average molecular weight is 427 g/mol. The van der Waals surface area contributed by atoms with Crippen LogP contribution in [0.1, 0.15) is 29.9 Å². The molecule has 1 aliphatic rings. The van der Waals surface area contributed by atoms with Gasteiger partial charge in [0.2, 0.25) is 0 Å². The summed E-state index contributed by atoms with van der Waals surface area (Å²) in [7, 11) is 3.74. The lowest BCUT2D eigenvalue weighted by atomic mass is 9.81. The van der Waals surface area contributed by atoms with Crippen LogP contribution < -0.4 is 10.1 Å². The fraction of sp³-hybridized carbons (Fsp3) is 0.250. The Morgan fingerprint density at radius 1 is 0.875 bits per heavy atom. The molecular weight excluding hydrogens is 396 g/mol. The zero-order chi connectivity index (χ0) is 22.3. The molecule has 0 fully saturated rings. The summed E-state index contributed by atoms with van der Waals surface area (Å²) in [5, 5.41) is 3.56. The quantitative estimate of drug-likeness (QED) is 0.506. The SMILES string of the molecule is COc1ccccc1NC1=C(CN(C)Cc2ccccc2)C(=O)CC(c2ccccc2)C1. The van der Waals surface area contributed by atoms with Gasteiger partial charge in [-0.25, -0.2) is 0 Å². The zero-order valence-electron chi connectivity index (χ0n) is 18.8. The molecule has 0 spiro atoms. The van der Waals surface area contributed by atoms with Gasteiger partial charge in [-0.2, -0.15) is 0 Å². The average Bonchev–Trinajstić information content (AvgIpc) is 2.82. The number of hydrogen-bond acceptors (Lipinski definition) is 4. The molecular formula is C28H30N2O2. The third-order valence-electron chi connectivity index (χ3n) is 5.97. The van der Waals surface area contributed by atoms with Crippen molar-refractivity contribution in [2.24, 2.45) is 0 Å². The van der Waals surface area contributed by atoms with E-state index < -0.39 is 0 Å². The van der Waals surface area contributed by atoms with Crippen molar-refractivity contribution < 1.29 is 9.53 Å². The van der Waals surface area contributed by atoms with Gasteiger partial charge in [0, 0.05) is 30.8 Å². The second-order valence-electron chi connectivity index (χ2n) is 8.38. The molecule has 4 nitrogen and oxygen atoms in total. The summed E-state index contributed by atoms with van der Waals surface area (Å²) in [6, 6.07) is 28.5. The summed E-state index contributed by atoms with van der Waals surface area (Å²) in [5.74, 6) is 1.15.